The standard InChI is InChI=1S/C11H15F2NO/c1-8(7-15-2)14-6-9-3-4-10(12)11(13)5-9/h3-5,8,14H,6-7H2,1-2H3/t8-/m0/s1. The zero-order valence-electron chi connectivity index (χ0n) is 8.89. The molecule has 1 aromatic carbocycles. The Hall–Kier alpha value is -1.00. The Morgan fingerprint density at radius 2 is 2.07 bits per heavy atom. The van der Waals surface area contributed by atoms with Crippen LogP contribution in [0.15, 0.2) is 18.2 Å². The molecule has 0 saturated heterocycles. The van der Waals surface area contributed by atoms with Crippen LogP contribution in [0.4, 0.5) is 8.78 Å². The first kappa shape index (κ1) is 12.1. The van der Waals surface area contributed by atoms with Crippen LogP contribution >= 0.6 is 0 Å². The first-order chi connectivity index (χ1) is 7.13. The summed E-state index contributed by atoms with van der Waals surface area (Å²) in [5.41, 5.74) is 0.719. The first-order valence-electron chi connectivity index (χ1n) is 4.79. The van der Waals surface area contributed by atoms with Gasteiger partial charge in [0, 0.05) is 19.7 Å². The zero-order chi connectivity index (χ0) is 11.3. The highest BCUT2D eigenvalue weighted by Crippen LogP contribution is 2.08. The molecule has 0 aromatic heterocycles. The summed E-state index contributed by atoms with van der Waals surface area (Å²) >= 11 is 0. The molecule has 0 radical (unpaired) electrons. The van der Waals surface area contributed by atoms with E-state index in [4.69, 9.17) is 4.74 Å². The summed E-state index contributed by atoms with van der Waals surface area (Å²) in [5.74, 6) is -1.63. The summed E-state index contributed by atoms with van der Waals surface area (Å²) < 4.78 is 30.4. The summed E-state index contributed by atoms with van der Waals surface area (Å²) in [6.07, 6.45) is 0. The van der Waals surface area contributed by atoms with Gasteiger partial charge in [-0.25, -0.2) is 8.78 Å². The largest absolute Gasteiger partial charge is 0.383 e. The molecule has 1 aromatic rings. The average molecular weight is 215 g/mol. The first-order valence-corrected chi connectivity index (χ1v) is 4.79. The molecule has 84 valence electrons. The van der Waals surface area contributed by atoms with Crippen LogP contribution in [0, 0.1) is 11.6 Å². The Morgan fingerprint density at radius 1 is 1.33 bits per heavy atom. The molecule has 0 unspecified atom stereocenters. The fourth-order valence-electron chi connectivity index (χ4n) is 1.25. The van der Waals surface area contributed by atoms with Gasteiger partial charge in [0.25, 0.3) is 0 Å². The van der Waals surface area contributed by atoms with E-state index in [0.29, 0.717) is 13.2 Å². The molecule has 0 saturated carbocycles. The van der Waals surface area contributed by atoms with Crippen LogP contribution in [0.3, 0.4) is 0 Å². The lowest BCUT2D eigenvalue weighted by atomic mass is 10.2. The Labute approximate surface area is 88.3 Å². The predicted octanol–water partition coefficient (Wildman–Crippen LogP) is 2.09. The maximum absolute atomic E-state index is 12.8. The van der Waals surface area contributed by atoms with E-state index in [1.165, 1.54) is 6.07 Å². The summed E-state index contributed by atoms with van der Waals surface area (Å²) in [6, 6.07) is 4.07. The van der Waals surface area contributed by atoms with Crippen molar-refractivity contribution < 1.29 is 13.5 Å². The third kappa shape index (κ3) is 3.93. The molecular weight excluding hydrogens is 200 g/mol. The lowest BCUT2D eigenvalue weighted by Gasteiger charge is -2.12. The van der Waals surface area contributed by atoms with Crippen LogP contribution < -0.4 is 5.32 Å². The van der Waals surface area contributed by atoms with Crippen molar-refractivity contribution in [1.82, 2.24) is 5.32 Å². The fourth-order valence-corrected chi connectivity index (χ4v) is 1.25. The van der Waals surface area contributed by atoms with Crippen molar-refractivity contribution in [3.05, 3.63) is 35.4 Å². The minimum Gasteiger partial charge on any atom is -0.383 e. The number of nitrogens with one attached hydrogen (secondary N) is 1. The van der Waals surface area contributed by atoms with E-state index < -0.39 is 11.6 Å². The Balaban J connectivity index is 2.47. The van der Waals surface area contributed by atoms with Crippen LogP contribution in [-0.4, -0.2) is 19.8 Å². The highest BCUT2D eigenvalue weighted by molar-refractivity contribution is 5.17. The van der Waals surface area contributed by atoms with Gasteiger partial charge in [0.2, 0.25) is 0 Å². The van der Waals surface area contributed by atoms with Gasteiger partial charge >= 0.3 is 0 Å². The topological polar surface area (TPSA) is 21.3 Å². The lowest BCUT2D eigenvalue weighted by molar-refractivity contribution is 0.171. The predicted molar refractivity (Wildman–Crippen MR) is 54.5 cm³/mol. The van der Waals surface area contributed by atoms with E-state index in [1.807, 2.05) is 6.92 Å². The van der Waals surface area contributed by atoms with Gasteiger partial charge in [0.15, 0.2) is 11.6 Å². The molecule has 1 N–H and O–H groups in total. The van der Waals surface area contributed by atoms with E-state index in [2.05, 4.69) is 5.32 Å². The van der Waals surface area contributed by atoms with E-state index in [1.54, 1.807) is 13.2 Å². The summed E-state index contributed by atoms with van der Waals surface area (Å²) in [4.78, 5) is 0. The van der Waals surface area contributed by atoms with Crippen LogP contribution in [0.1, 0.15) is 12.5 Å². The maximum Gasteiger partial charge on any atom is 0.159 e. The van der Waals surface area contributed by atoms with Gasteiger partial charge < -0.3 is 10.1 Å². The van der Waals surface area contributed by atoms with Crippen molar-refractivity contribution in [2.24, 2.45) is 0 Å². The van der Waals surface area contributed by atoms with Gasteiger partial charge in [-0.3, -0.25) is 0 Å². The van der Waals surface area contributed by atoms with Crippen LogP contribution in [0.2, 0.25) is 0 Å². The lowest BCUT2D eigenvalue weighted by Crippen LogP contribution is -2.29. The number of hydrogen-bond acceptors (Lipinski definition) is 2. The van der Waals surface area contributed by atoms with Crippen molar-refractivity contribution in [1.29, 1.82) is 0 Å². The second-order valence-electron chi connectivity index (χ2n) is 3.49. The quantitative estimate of drug-likeness (QED) is 0.812. The molecule has 0 fully saturated rings. The van der Waals surface area contributed by atoms with Crippen molar-refractivity contribution in [3.8, 4) is 0 Å². The minimum absolute atomic E-state index is 0.183. The van der Waals surface area contributed by atoms with Crippen LogP contribution in [0.25, 0.3) is 0 Å². The van der Waals surface area contributed by atoms with Gasteiger partial charge in [-0.1, -0.05) is 6.07 Å². The molecule has 0 aliphatic heterocycles. The molecule has 0 aliphatic carbocycles. The van der Waals surface area contributed by atoms with Gasteiger partial charge in [0.1, 0.15) is 0 Å². The van der Waals surface area contributed by atoms with E-state index in [-0.39, 0.29) is 6.04 Å². The van der Waals surface area contributed by atoms with Crippen molar-refractivity contribution in [3.63, 3.8) is 0 Å². The molecule has 0 bridgehead atoms. The third-order valence-electron chi connectivity index (χ3n) is 2.06. The smallest absolute Gasteiger partial charge is 0.159 e. The molecule has 0 heterocycles. The SMILES string of the molecule is COC[C@H](C)NCc1ccc(F)c(F)c1. The number of halogens is 2. The van der Waals surface area contributed by atoms with E-state index in [0.717, 1.165) is 11.6 Å². The fraction of sp³-hybridized carbons (Fsp3) is 0.455. The zero-order valence-corrected chi connectivity index (χ0v) is 8.89. The van der Waals surface area contributed by atoms with E-state index in [9.17, 15) is 8.78 Å². The maximum atomic E-state index is 12.8. The third-order valence-corrected chi connectivity index (χ3v) is 2.06. The monoisotopic (exact) mass is 215 g/mol. The normalized spacial score (nSPS) is 12.8. The highest BCUT2D eigenvalue weighted by atomic mass is 19.2. The molecule has 4 heteroatoms. The number of ether oxygens (including phenoxy) is 1. The molecule has 0 amide bonds. The van der Waals surface area contributed by atoms with E-state index >= 15 is 0 Å². The molecule has 0 aliphatic rings. The molecule has 15 heavy (non-hydrogen) atoms. The summed E-state index contributed by atoms with van der Waals surface area (Å²) in [7, 11) is 1.62. The summed E-state index contributed by atoms with van der Waals surface area (Å²) in [6.45, 7) is 3.05. The Kier molecular flexibility index (Phi) is 4.65. The molecule has 1 rings (SSSR count). The number of benzene rings is 1. The second kappa shape index (κ2) is 5.78. The van der Waals surface area contributed by atoms with Gasteiger partial charge in [-0.05, 0) is 24.6 Å². The minimum atomic E-state index is -0.816. The highest BCUT2D eigenvalue weighted by Gasteiger charge is 2.04. The number of methoxy groups -OCH3 is 1. The van der Waals surface area contributed by atoms with Gasteiger partial charge in [-0.15, -0.1) is 0 Å². The molecule has 0 spiro atoms. The summed E-state index contributed by atoms with van der Waals surface area (Å²) in [5, 5.41) is 3.13. The number of hydrogen-bond donors (Lipinski definition) is 1. The molecule has 2 nitrogen and oxygen atoms in total. The Bertz CT molecular complexity index is 317. The van der Waals surface area contributed by atoms with Crippen molar-refractivity contribution >= 4 is 0 Å². The molecule has 1 atom stereocenters. The van der Waals surface area contributed by atoms with Crippen LogP contribution in [-0.2, 0) is 11.3 Å². The van der Waals surface area contributed by atoms with Crippen LogP contribution in [0.5, 0.6) is 0 Å². The molecular formula is C11H15F2NO. The second-order valence-corrected chi connectivity index (χ2v) is 3.49. The van der Waals surface area contributed by atoms with Crippen molar-refractivity contribution in [2.45, 2.75) is 19.5 Å². The average Bonchev–Trinajstić information content (AvgIpc) is 2.20. The van der Waals surface area contributed by atoms with Crippen molar-refractivity contribution in [2.75, 3.05) is 13.7 Å². The number of rotatable bonds is 5. The van der Waals surface area contributed by atoms with Gasteiger partial charge in [0.05, 0.1) is 6.61 Å². The Morgan fingerprint density at radius 3 is 2.67 bits per heavy atom. The van der Waals surface area contributed by atoms with Gasteiger partial charge in [-0.2, -0.15) is 0 Å².